The maximum absolute atomic E-state index is 13.8. The number of halogens is 1. The number of aryl methyl sites for hydroxylation is 2. The number of nitrogens with zero attached hydrogens (tertiary/aromatic N) is 1. The van der Waals surface area contributed by atoms with Gasteiger partial charge in [0, 0.05) is 12.1 Å². The highest BCUT2D eigenvalue weighted by molar-refractivity contribution is 5.92. The molecular formula is C20H20FN3O. The Bertz CT molecular complexity index is 855. The largest absolute Gasteiger partial charge is 0.351 e. The predicted octanol–water partition coefficient (Wildman–Crippen LogP) is 3.89. The zero-order valence-corrected chi connectivity index (χ0v) is 14.1. The van der Waals surface area contributed by atoms with Gasteiger partial charge in [0.2, 0.25) is 0 Å². The molecule has 5 heteroatoms. The summed E-state index contributed by atoms with van der Waals surface area (Å²) < 4.78 is 13.8. The second-order valence-electron chi connectivity index (χ2n) is 5.96. The van der Waals surface area contributed by atoms with Crippen LogP contribution in [0.2, 0.25) is 0 Å². The molecule has 3 aromatic rings. The topological polar surface area (TPSA) is 57.8 Å². The maximum Gasteiger partial charge on any atom is 0.269 e. The van der Waals surface area contributed by atoms with Crippen LogP contribution in [-0.2, 0) is 6.42 Å². The summed E-state index contributed by atoms with van der Waals surface area (Å²) in [5, 5.41) is 9.51. The molecule has 128 valence electrons. The van der Waals surface area contributed by atoms with Crippen LogP contribution in [0.4, 0.5) is 4.39 Å². The number of amides is 1. The highest BCUT2D eigenvalue weighted by atomic mass is 19.1. The molecule has 0 aliphatic carbocycles. The number of aromatic nitrogens is 2. The molecule has 2 N–H and O–H groups in total. The van der Waals surface area contributed by atoms with Crippen LogP contribution in [0.3, 0.4) is 0 Å². The maximum atomic E-state index is 13.8. The number of carbonyl (C=O) groups excluding carboxylic acids is 1. The molecule has 1 amide bonds. The molecule has 0 atom stereocenters. The van der Waals surface area contributed by atoms with Crippen molar-refractivity contribution in [3.05, 3.63) is 77.4 Å². The molecule has 0 aliphatic heterocycles. The monoisotopic (exact) mass is 337 g/mol. The van der Waals surface area contributed by atoms with Gasteiger partial charge in [0.15, 0.2) is 0 Å². The van der Waals surface area contributed by atoms with E-state index < -0.39 is 0 Å². The van der Waals surface area contributed by atoms with E-state index in [4.69, 9.17) is 0 Å². The van der Waals surface area contributed by atoms with Crippen molar-refractivity contribution >= 4 is 5.91 Å². The number of aromatic amines is 1. The number of hydrogen-bond acceptors (Lipinski definition) is 2. The first-order valence-corrected chi connectivity index (χ1v) is 8.27. The van der Waals surface area contributed by atoms with Gasteiger partial charge in [0.05, 0.1) is 5.69 Å². The molecule has 0 saturated heterocycles. The Morgan fingerprint density at radius 2 is 1.92 bits per heavy atom. The average Bonchev–Trinajstić information content (AvgIpc) is 3.06. The van der Waals surface area contributed by atoms with E-state index in [1.54, 1.807) is 18.2 Å². The van der Waals surface area contributed by atoms with E-state index in [0.29, 0.717) is 17.8 Å². The Kier molecular flexibility index (Phi) is 5.23. The van der Waals surface area contributed by atoms with Crippen LogP contribution >= 0.6 is 0 Å². The third-order valence-electron chi connectivity index (χ3n) is 4.02. The van der Waals surface area contributed by atoms with Crippen LogP contribution in [0, 0.1) is 12.7 Å². The number of benzene rings is 2. The van der Waals surface area contributed by atoms with E-state index >= 15 is 0 Å². The summed E-state index contributed by atoms with van der Waals surface area (Å²) in [6.07, 6.45) is 1.68. The van der Waals surface area contributed by atoms with Gasteiger partial charge in [-0.05, 0) is 43.0 Å². The number of H-pyrrole nitrogens is 1. The van der Waals surface area contributed by atoms with Gasteiger partial charge in [-0.25, -0.2) is 4.39 Å². The first-order valence-electron chi connectivity index (χ1n) is 8.27. The van der Waals surface area contributed by atoms with Crippen molar-refractivity contribution in [1.82, 2.24) is 15.5 Å². The Labute approximate surface area is 146 Å². The van der Waals surface area contributed by atoms with Gasteiger partial charge in [0.25, 0.3) is 5.91 Å². The number of rotatable bonds is 6. The second-order valence-corrected chi connectivity index (χ2v) is 5.96. The molecule has 1 aromatic heterocycles. The van der Waals surface area contributed by atoms with Crippen LogP contribution in [0.5, 0.6) is 0 Å². The summed E-state index contributed by atoms with van der Waals surface area (Å²) in [5.41, 5.74) is 3.90. The molecule has 2 aromatic carbocycles. The second kappa shape index (κ2) is 7.75. The molecule has 0 radical (unpaired) electrons. The fourth-order valence-electron chi connectivity index (χ4n) is 2.67. The minimum atomic E-state index is -0.216. The molecule has 1 heterocycles. The third kappa shape index (κ3) is 4.32. The van der Waals surface area contributed by atoms with Gasteiger partial charge in [0.1, 0.15) is 11.5 Å². The van der Waals surface area contributed by atoms with Crippen molar-refractivity contribution < 1.29 is 9.18 Å². The van der Waals surface area contributed by atoms with E-state index in [1.807, 2.05) is 37.3 Å². The summed E-state index contributed by atoms with van der Waals surface area (Å²) in [6.45, 7) is 2.42. The zero-order valence-electron chi connectivity index (χ0n) is 14.1. The minimum Gasteiger partial charge on any atom is -0.351 e. The van der Waals surface area contributed by atoms with Gasteiger partial charge in [-0.2, -0.15) is 5.10 Å². The molecule has 3 rings (SSSR count). The lowest BCUT2D eigenvalue weighted by molar-refractivity contribution is 0.0948. The normalized spacial score (nSPS) is 10.6. The van der Waals surface area contributed by atoms with Crippen molar-refractivity contribution in [3.63, 3.8) is 0 Å². The molecule has 0 saturated carbocycles. The van der Waals surface area contributed by atoms with Gasteiger partial charge >= 0.3 is 0 Å². The van der Waals surface area contributed by atoms with Crippen molar-refractivity contribution in [2.24, 2.45) is 0 Å². The number of carbonyl (C=O) groups is 1. The molecule has 0 spiro atoms. The summed E-state index contributed by atoms with van der Waals surface area (Å²) >= 11 is 0. The van der Waals surface area contributed by atoms with Crippen LogP contribution in [0.25, 0.3) is 11.1 Å². The van der Waals surface area contributed by atoms with E-state index in [-0.39, 0.29) is 11.7 Å². The summed E-state index contributed by atoms with van der Waals surface area (Å²) in [6, 6.07) is 16.3. The Hall–Kier alpha value is -2.95. The van der Waals surface area contributed by atoms with Gasteiger partial charge in [-0.15, -0.1) is 0 Å². The molecule has 25 heavy (non-hydrogen) atoms. The molecular weight excluding hydrogens is 317 g/mol. The SMILES string of the molecule is Cc1cc(C(=O)NCCCc2ccc(-c3ccccc3F)cc2)[nH]n1. The summed E-state index contributed by atoms with van der Waals surface area (Å²) in [4.78, 5) is 11.9. The third-order valence-corrected chi connectivity index (χ3v) is 4.02. The van der Waals surface area contributed by atoms with Crippen LogP contribution in [-0.4, -0.2) is 22.6 Å². The van der Waals surface area contributed by atoms with E-state index in [9.17, 15) is 9.18 Å². The van der Waals surface area contributed by atoms with E-state index in [1.165, 1.54) is 6.07 Å². The fourth-order valence-corrected chi connectivity index (χ4v) is 2.67. The van der Waals surface area contributed by atoms with Crippen molar-refractivity contribution in [2.45, 2.75) is 19.8 Å². The average molecular weight is 337 g/mol. The highest BCUT2D eigenvalue weighted by Gasteiger charge is 2.07. The quantitative estimate of drug-likeness (QED) is 0.671. The zero-order chi connectivity index (χ0) is 17.6. The lowest BCUT2D eigenvalue weighted by Gasteiger charge is -2.06. The first-order chi connectivity index (χ1) is 12.1. The van der Waals surface area contributed by atoms with Crippen molar-refractivity contribution in [2.75, 3.05) is 6.54 Å². The summed E-state index contributed by atoms with van der Waals surface area (Å²) in [7, 11) is 0. The fraction of sp³-hybridized carbons (Fsp3) is 0.200. The van der Waals surface area contributed by atoms with Crippen LogP contribution in [0.1, 0.15) is 28.2 Å². The first kappa shape index (κ1) is 16.9. The Balaban J connectivity index is 1.49. The standard InChI is InChI=1S/C20H20FN3O/c1-14-13-19(24-23-14)20(25)22-12-4-5-15-8-10-16(11-9-15)17-6-2-3-7-18(17)21/h2-3,6-11,13H,4-5,12H2,1H3,(H,22,25)(H,23,24). The summed E-state index contributed by atoms with van der Waals surface area (Å²) in [5.74, 6) is -0.359. The molecule has 0 unspecified atom stereocenters. The van der Waals surface area contributed by atoms with Crippen LogP contribution in [0.15, 0.2) is 54.6 Å². The highest BCUT2D eigenvalue weighted by Crippen LogP contribution is 2.22. The molecule has 0 bridgehead atoms. The lowest BCUT2D eigenvalue weighted by atomic mass is 10.0. The Morgan fingerprint density at radius 3 is 2.60 bits per heavy atom. The van der Waals surface area contributed by atoms with Gasteiger partial charge in [-0.3, -0.25) is 9.89 Å². The lowest BCUT2D eigenvalue weighted by Crippen LogP contribution is -2.25. The van der Waals surface area contributed by atoms with E-state index in [0.717, 1.165) is 29.7 Å². The molecule has 0 fully saturated rings. The Morgan fingerprint density at radius 1 is 1.16 bits per heavy atom. The molecule has 4 nitrogen and oxygen atoms in total. The molecule has 0 aliphatic rings. The van der Waals surface area contributed by atoms with E-state index in [2.05, 4.69) is 15.5 Å². The van der Waals surface area contributed by atoms with Gasteiger partial charge in [-0.1, -0.05) is 42.5 Å². The van der Waals surface area contributed by atoms with Gasteiger partial charge < -0.3 is 5.32 Å². The number of nitrogens with one attached hydrogen (secondary N) is 2. The van der Waals surface area contributed by atoms with Crippen molar-refractivity contribution in [3.8, 4) is 11.1 Å². The number of hydrogen-bond donors (Lipinski definition) is 2. The predicted molar refractivity (Wildman–Crippen MR) is 95.8 cm³/mol. The van der Waals surface area contributed by atoms with Crippen LogP contribution < -0.4 is 5.32 Å². The van der Waals surface area contributed by atoms with Crippen molar-refractivity contribution in [1.29, 1.82) is 0 Å². The minimum absolute atomic E-state index is 0.143. The smallest absolute Gasteiger partial charge is 0.269 e.